The van der Waals surface area contributed by atoms with Crippen LogP contribution < -0.4 is 23.8 Å². The Kier molecular flexibility index (Phi) is 9.25. The van der Waals surface area contributed by atoms with Crippen molar-refractivity contribution in [3.63, 3.8) is 0 Å². The summed E-state index contributed by atoms with van der Waals surface area (Å²) in [5.41, 5.74) is 0.999. The molecule has 1 aliphatic heterocycles. The van der Waals surface area contributed by atoms with Gasteiger partial charge in [0, 0.05) is 18.7 Å². The zero-order chi connectivity index (χ0) is 27.2. The van der Waals surface area contributed by atoms with E-state index >= 15 is 0 Å². The Hall–Kier alpha value is -3.47. The number of hydrogen-bond acceptors (Lipinski definition) is 7. The van der Waals surface area contributed by atoms with Crippen molar-refractivity contribution in [2.24, 2.45) is 0 Å². The minimum absolute atomic E-state index is 0.0750. The molecule has 2 amide bonds. The number of amides is 2. The number of fused-ring (bicyclic) bond motifs is 1. The Labute approximate surface area is 218 Å². The molecule has 0 bridgehead atoms. The molecule has 2 aromatic carbocycles. The van der Waals surface area contributed by atoms with E-state index < -0.39 is 28.5 Å². The van der Waals surface area contributed by atoms with E-state index in [0.29, 0.717) is 30.5 Å². The van der Waals surface area contributed by atoms with Crippen LogP contribution in [0.5, 0.6) is 17.2 Å². The molecule has 2 aromatic rings. The first-order valence-electron chi connectivity index (χ1n) is 12.1. The third-order valence-corrected chi connectivity index (χ3v) is 7.29. The highest BCUT2D eigenvalue weighted by Gasteiger charge is 2.31. The molecular weight excluding hydrogens is 498 g/mol. The van der Waals surface area contributed by atoms with E-state index in [1.54, 1.807) is 44.4 Å². The van der Waals surface area contributed by atoms with Crippen molar-refractivity contribution in [1.82, 2.24) is 10.2 Å². The molecule has 0 radical (unpaired) electrons. The standard InChI is InChI=1S/C26H35N3O7S/c1-6-18(2)27-26(31)19(3)28(16-20-8-7-9-22(14-20)34-4)25(30)17-29(37(5,32)33)21-10-11-23-24(15-21)36-13-12-35-23/h7-11,14-15,18-19H,6,12-13,16-17H2,1-5H3,(H,27,31)/t18-,19+/m0/s1. The van der Waals surface area contributed by atoms with E-state index in [9.17, 15) is 18.0 Å². The lowest BCUT2D eigenvalue weighted by molar-refractivity contribution is -0.139. The lowest BCUT2D eigenvalue weighted by Gasteiger charge is -2.32. The highest BCUT2D eigenvalue weighted by Crippen LogP contribution is 2.34. The van der Waals surface area contributed by atoms with Gasteiger partial charge in [-0.25, -0.2) is 8.42 Å². The Balaban J connectivity index is 1.92. The summed E-state index contributed by atoms with van der Waals surface area (Å²) in [7, 11) is -2.31. The fourth-order valence-corrected chi connectivity index (χ4v) is 4.66. The first-order chi connectivity index (χ1) is 17.5. The maximum Gasteiger partial charge on any atom is 0.244 e. The van der Waals surface area contributed by atoms with Gasteiger partial charge in [0.15, 0.2) is 11.5 Å². The van der Waals surface area contributed by atoms with Gasteiger partial charge in [0.1, 0.15) is 31.5 Å². The zero-order valence-electron chi connectivity index (χ0n) is 21.9. The summed E-state index contributed by atoms with van der Waals surface area (Å²) in [5.74, 6) is 0.658. The van der Waals surface area contributed by atoms with Crippen molar-refractivity contribution < 1.29 is 32.2 Å². The van der Waals surface area contributed by atoms with Gasteiger partial charge < -0.3 is 24.4 Å². The van der Waals surface area contributed by atoms with E-state index in [1.165, 1.54) is 11.0 Å². The molecule has 1 N–H and O–H groups in total. The molecule has 2 atom stereocenters. The first-order valence-corrected chi connectivity index (χ1v) is 14.0. The van der Waals surface area contributed by atoms with E-state index in [-0.39, 0.29) is 24.2 Å². The molecule has 3 rings (SSSR count). The minimum atomic E-state index is -3.86. The Morgan fingerprint density at radius 3 is 2.43 bits per heavy atom. The van der Waals surface area contributed by atoms with E-state index in [2.05, 4.69) is 5.32 Å². The van der Waals surface area contributed by atoms with Crippen LogP contribution in [0.2, 0.25) is 0 Å². The second kappa shape index (κ2) is 12.2. The summed E-state index contributed by atoms with van der Waals surface area (Å²) in [4.78, 5) is 28.0. The number of hydrogen-bond donors (Lipinski definition) is 1. The summed E-state index contributed by atoms with van der Waals surface area (Å²) in [5, 5.41) is 2.90. The maximum atomic E-state index is 13.7. The van der Waals surface area contributed by atoms with Crippen molar-refractivity contribution in [2.45, 2.75) is 45.8 Å². The third-order valence-electron chi connectivity index (χ3n) is 6.15. The normalized spacial score (nSPS) is 14.3. The molecule has 10 nitrogen and oxygen atoms in total. The topological polar surface area (TPSA) is 114 Å². The van der Waals surface area contributed by atoms with Gasteiger partial charge in [-0.3, -0.25) is 13.9 Å². The Morgan fingerprint density at radius 1 is 1.08 bits per heavy atom. The van der Waals surface area contributed by atoms with Crippen LogP contribution in [0.15, 0.2) is 42.5 Å². The number of nitrogens with one attached hydrogen (secondary N) is 1. The van der Waals surface area contributed by atoms with Gasteiger partial charge in [0.05, 0.1) is 19.1 Å². The zero-order valence-corrected chi connectivity index (χ0v) is 22.7. The molecule has 1 aliphatic rings. The fraction of sp³-hybridized carbons (Fsp3) is 0.462. The second-order valence-electron chi connectivity index (χ2n) is 8.96. The van der Waals surface area contributed by atoms with Crippen LogP contribution in [-0.4, -0.2) is 70.3 Å². The van der Waals surface area contributed by atoms with Gasteiger partial charge in [-0.2, -0.15) is 0 Å². The number of anilines is 1. The molecule has 0 fully saturated rings. The number of benzene rings is 2. The highest BCUT2D eigenvalue weighted by molar-refractivity contribution is 7.92. The first kappa shape index (κ1) is 28.1. The summed E-state index contributed by atoms with van der Waals surface area (Å²) in [6.45, 7) is 5.79. The SMILES string of the molecule is CC[C@H](C)NC(=O)[C@@H](C)N(Cc1cccc(OC)c1)C(=O)CN(c1ccc2c(c1)OCCO2)S(C)(=O)=O. The Bertz CT molecular complexity index is 1220. The van der Waals surface area contributed by atoms with Crippen molar-refractivity contribution in [2.75, 3.05) is 37.4 Å². The van der Waals surface area contributed by atoms with Gasteiger partial charge >= 0.3 is 0 Å². The lowest BCUT2D eigenvalue weighted by Crippen LogP contribution is -2.52. The molecule has 11 heteroatoms. The van der Waals surface area contributed by atoms with Crippen LogP contribution in [0.25, 0.3) is 0 Å². The molecule has 0 saturated carbocycles. The summed E-state index contributed by atoms with van der Waals surface area (Å²) in [6.07, 6.45) is 1.76. The van der Waals surface area contributed by atoms with Crippen LogP contribution >= 0.6 is 0 Å². The Morgan fingerprint density at radius 2 is 1.78 bits per heavy atom. The average molecular weight is 534 g/mol. The molecule has 0 aliphatic carbocycles. The van der Waals surface area contributed by atoms with E-state index in [0.717, 1.165) is 22.5 Å². The van der Waals surface area contributed by atoms with Crippen LogP contribution in [0.3, 0.4) is 0 Å². The number of ether oxygens (including phenoxy) is 3. The van der Waals surface area contributed by atoms with Crippen molar-refractivity contribution in [3.8, 4) is 17.2 Å². The van der Waals surface area contributed by atoms with E-state index in [4.69, 9.17) is 14.2 Å². The average Bonchev–Trinajstić information content (AvgIpc) is 2.88. The van der Waals surface area contributed by atoms with Crippen LogP contribution in [0, 0.1) is 0 Å². The summed E-state index contributed by atoms with van der Waals surface area (Å²) in [6, 6.07) is 10.9. The molecule has 0 saturated heterocycles. The van der Waals surface area contributed by atoms with E-state index in [1.807, 2.05) is 19.9 Å². The van der Waals surface area contributed by atoms with Crippen molar-refractivity contribution in [1.29, 1.82) is 0 Å². The predicted octanol–water partition coefficient (Wildman–Crippen LogP) is 2.56. The van der Waals surface area contributed by atoms with Crippen LogP contribution in [0.1, 0.15) is 32.8 Å². The molecule has 0 aromatic heterocycles. The third kappa shape index (κ3) is 7.28. The molecule has 0 unspecified atom stereocenters. The number of carbonyl (C=O) groups excluding carboxylic acids is 2. The molecule has 37 heavy (non-hydrogen) atoms. The number of methoxy groups -OCH3 is 1. The van der Waals surface area contributed by atoms with Crippen LogP contribution in [-0.2, 0) is 26.2 Å². The van der Waals surface area contributed by atoms with Gasteiger partial charge in [0.2, 0.25) is 21.8 Å². The van der Waals surface area contributed by atoms with Crippen molar-refractivity contribution in [3.05, 3.63) is 48.0 Å². The summed E-state index contributed by atoms with van der Waals surface area (Å²) >= 11 is 0. The maximum absolute atomic E-state index is 13.7. The van der Waals surface area contributed by atoms with Crippen molar-refractivity contribution >= 4 is 27.5 Å². The van der Waals surface area contributed by atoms with Gasteiger partial charge in [-0.05, 0) is 50.1 Å². The molecule has 1 heterocycles. The second-order valence-corrected chi connectivity index (χ2v) is 10.9. The molecule has 202 valence electrons. The number of carbonyl (C=O) groups is 2. The predicted molar refractivity (Wildman–Crippen MR) is 141 cm³/mol. The smallest absolute Gasteiger partial charge is 0.244 e. The largest absolute Gasteiger partial charge is 0.497 e. The lowest BCUT2D eigenvalue weighted by atomic mass is 10.1. The quantitative estimate of drug-likeness (QED) is 0.472. The monoisotopic (exact) mass is 533 g/mol. The number of nitrogens with zero attached hydrogens (tertiary/aromatic N) is 2. The van der Waals surface area contributed by atoms with Gasteiger partial charge in [-0.15, -0.1) is 0 Å². The number of sulfonamides is 1. The van der Waals surface area contributed by atoms with Gasteiger partial charge in [0.25, 0.3) is 0 Å². The number of rotatable bonds is 11. The minimum Gasteiger partial charge on any atom is -0.497 e. The summed E-state index contributed by atoms with van der Waals surface area (Å²) < 4.78 is 43.0. The highest BCUT2D eigenvalue weighted by atomic mass is 32.2. The van der Waals surface area contributed by atoms with Gasteiger partial charge in [-0.1, -0.05) is 19.1 Å². The fourth-order valence-electron chi connectivity index (χ4n) is 3.82. The molecular formula is C26H35N3O7S. The molecule has 0 spiro atoms. The van der Waals surface area contributed by atoms with Crippen LogP contribution in [0.4, 0.5) is 5.69 Å².